The van der Waals surface area contributed by atoms with Gasteiger partial charge in [0, 0.05) is 24.8 Å². The van der Waals surface area contributed by atoms with Crippen LogP contribution in [0.3, 0.4) is 0 Å². The van der Waals surface area contributed by atoms with Gasteiger partial charge in [0.1, 0.15) is 11.4 Å². The molecular formula is C17H29N3O3. The number of amides is 1. The highest BCUT2D eigenvalue weighted by molar-refractivity contribution is 5.67. The van der Waals surface area contributed by atoms with Crippen LogP contribution in [0.2, 0.25) is 0 Å². The second-order valence-corrected chi connectivity index (χ2v) is 7.03. The zero-order chi connectivity index (χ0) is 17.6. The molecule has 0 aliphatic carbocycles. The van der Waals surface area contributed by atoms with Crippen molar-refractivity contribution in [2.24, 2.45) is 5.92 Å². The monoisotopic (exact) mass is 323 g/mol. The van der Waals surface area contributed by atoms with Gasteiger partial charge in [0.15, 0.2) is 0 Å². The summed E-state index contributed by atoms with van der Waals surface area (Å²) in [5, 5.41) is 15.9. The lowest BCUT2D eigenvalue weighted by Gasteiger charge is -2.25. The Hall–Kier alpha value is -1.82. The van der Waals surface area contributed by atoms with Crippen LogP contribution in [0, 0.1) is 12.8 Å². The minimum Gasteiger partial charge on any atom is -0.506 e. The van der Waals surface area contributed by atoms with Crippen LogP contribution in [-0.2, 0) is 11.3 Å². The Bertz CT molecular complexity index is 524. The Morgan fingerprint density at radius 3 is 2.57 bits per heavy atom. The van der Waals surface area contributed by atoms with Crippen molar-refractivity contribution < 1.29 is 14.6 Å². The molecule has 1 rings (SSSR count). The zero-order valence-electron chi connectivity index (χ0n) is 14.9. The summed E-state index contributed by atoms with van der Waals surface area (Å²) in [5.41, 5.74) is 0.947. The highest BCUT2D eigenvalue weighted by Gasteiger charge is 2.19. The first-order valence-electron chi connectivity index (χ1n) is 7.94. The number of nitrogens with zero attached hydrogens (tertiary/aromatic N) is 1. The number of aromatic hydroxyl groups is 1. The van der Waals surface area contributed by atoms with Gasteiger partial charge in [-0.3, -0.25) is 4.98 Å². The van der Waals surface area contributed by atoms with E-state index in [-0.39, 0.29) is 11.8 Å². The Labute approximate surface area is 138 Å². The van der Waals surface area contributed by atoms with Crippen LogP contribution in [-0.4, -0.2) is 34.4 Å². The van der Waals surface area contributed by atoms with Gasteiger partial charge in [0.2, 0.25) is 0 Å². The molecule has 0 saturated heterocycles. The van der Waals surface area contributed by atoms with Crippen LogP contribution < -0.4 is 10.6 Å². The average molecular weight is 323 g/mol. The largest absolute Gasteiger partial charge is 0.506 e. The molecule has 0 spiro atoms. The van der Waals surface area contributed by atoms with Gasteiger partial charge in [0.25, 0.3) is 0 Å². The molecule has 0 aliphatic heterocycles. The normalized spacial score (nSPS) is 13.0. The van der Waals surface area contributed by atoms with E-state index >= 15 is 0 Å². The summed E-state index contributed by atoms with van der Waals surface area (Å²) < 4.78 is 5.24. The van der Waals surface area contributed by atoms with E-state index in [9.17, 15) is 9.90 Å². The third kappa shape index (κ3) is 7.32. The first-order valence-corrected chi connectivity index (χ1v) is 7.94. The molecule has 0 aromatic carbocycles. The van der Waals surface area contributed by atoms with Crippen molar-refractivity contribution in [1.82, 2.24) is 15.6 Å². The Morgan fingerprint density at radius 2 is 2.00 bits per heavy atom. The molecule has 130 valence electrons. The second-order valence-electron chi connectivity index (χ2n) is 7.03. The van der Waals surface area contributed by atoms with Crippen molar-refractivity contribution in [3.05, 3.63) is 23.5 Å². The van der Waals surface area contributed by atoms with E-state index in [4.69, 9.17) is 4.74 Å². The van der Waals surface area contributed by atoms with Gasteiger partial charge in [0.05, 0.1) is 5.69 Å². The van der Waals surface area contributed by atoms with Crippen LogP contribution in [0.1, 0.15) is 46.0 Å². The van der Waals surface area contributed by atoms with Crippen LogP contribution in [0.4, 0.5) is 4.79 Å². The molecule has 0 bridgehead atoms. The summed E-state index contributed by atoms with van der Waals surface area (Å²) in [7, 11) is 0. The average Bonchev–Trinajstić information content (AvgIpc) is 2.40. The van der Waals surface area contributed by atoms with E-state index in [1.54, 1.807) is 12.1 Å². The number of ether oxygens (including phenoxy) is 1. The predicted octanol–water partition coefficient (Wildman–Crippen LogP) is 2.73. The number of pyridine rings is 1. The maximum Gasteiger partial charge on any atom is 0.407 e. The fourth-order valence-corrected chi connectivity index (χ4v) is 2.01. The predicted molar refractivity (Wildman–Crippen MR) is 90.3 cm³/mol. The lowest BCUT2D eigenvalue weighted by atomic mass is 10.0. The fourth-order valence-electron chi connectivity index (χ4n) is 2.01. The maximum absolute atomic E-state index is 11.7. The number of aromatic nitrogens is 1. The minimum absolute atomic E-state index is 0.0456. The highest BCUT2D eigenvalue weighted by atomic mass is 16.6. The van der Waals surface area contributed by atoms with Gasteiger partial charge in [-0.2, -0.15) is 0 Å². The molecule has 1 aromatic rings. The molecule has 0 fully saturated rings. The summed E-state index contributed by atoms with van der Waals surface area (Å²) in [6.45, 7) is 12.4. The lowest BCUT2D eigenvalue weighted by Crippen LogP contribution is -2.45. The summed E-state index contributed by atoms with van der Waals surface area (Å²) >= 11 is 0. The molecule has 1 amide bonds. The van der Waals surface area contributed by atoms with Crippen LogP contribution >= 0.6 is 0 Å². The summed E-state index contributed by atoms with van der Waals surface area (Å²) in [6.07, 6.45) is -0.429. The van der Waals surface area contributed by atoms with E-state index in [0.29, 0.717) is 24.7 Å². The third-order valence-corrected chi connectivity index (χ3v) is 3.29. The number of rotatable bonds is 6. The van der Waals surface area contributed by atoms with Gasteiger partial charge in [-0.05, 0) is 45.7 Å². The number of hydrogen-bond acceptors (Lipinski definition) is 5. The number of hydrogen-bond donors (Lipinski definition) is 3. The summed E-state index contributed by atoms with van der Waals surface area (Å²) in [5.74, 6) is 0.475. The topological polar surface area (TPSA) is 83.5 Å². The number of alkyl carbamates (subject to hydrolysis) is 1. The number of carbonyl (C=O) groups excluding carboxylic acids is 1. The smallest absolute Gasteiger partial charge is 0.407 e. The standard InChI is InChI=1S/C17H29N3O3/c1-11(2)13(9-19-16(22)23-17(4,5)6)18-10-14-15(21)8-7-12(3)20-14/h7-8,11,13,18,21H,9-10H2,1-6H3,(H,19,22). The molecule has 6 heteroatoms. The Morgan fingerprint density at radius 1 is 1.35 bits per heavy atom. The molecule has 0 radical (unpaired) electrons. The number of nitrogens with one attached hydrogen (secondary N) is 2. The molecule has 1 aromatic heterocycles. The first kappa shape index (κ1) is 19.2. The van der Waals surface area contributed by atoms with E-state index in [2.05, 4.69) is 29.5 Å². The van der Waals surface area contributed by atoms with E-state index in [1.165, 1.54) is 0 Å². The summed E-state index contributed by atoms with van der Waals surface area (Å²) in [4.78, 5) is 16.1. The first-order chi connectivity index (χ1) is 10.6. The zero-order valence-corrected chi connectivity index (χ0v) is 14.9. The lowest BCUT2D eigenvalue weighted by molar-refractivity contribution is 0.0519. The SMILES string of the molecule is Cc1ccc(O)c(CNC(CNC(=O)OC(C)(C)C)C(C)C)n1. The molecule has 3 N–H and O–H groups in total. The minimum atomic E-state index is -0.512. The van der Waals surface area contributed by atoms with Crippen molar-refractivity contribution in [2.45, 2.75) is 59.7 Å². The molecule has 1 unspecified atom stereocenters. The van der Waals surface area contributed by atoms with E-state index in [0.717, 1.165) is 5.69 Å². The van der Waals surface area contributed by atoms with Crippen molar-refractivity contribution in [3.63, 3.8) is 0 Å². The molecule has 0 aliphatic rings. The van der Waals surface area contributed by atoms with Gasteiger partial charge in [-0.25, -0.2) is 4.79 Å². The third-order valence-electron chi connectivity index (χ3n) is 3.29. The van der Waals surface area contributed by atoms with Gasteiger partial charge in [-0.1, -0.05) is 13.8 Å². The summed E-state index contributed by atoms with van der Waals surface area (Å²) in [6, 6.07) is 3.45. The molecule has 6 nitrogen and oxygen atoms in total. The molecule has 1 atom stereocenters. The molecule has 1 heterocycles. The molecule has 23 heavy (non-hydrogen) atoms. The molecular weight excluding hydrogens is 294 g/mol. The highest BCUT2D eigenvalue weighted by Crippen LogP contribution is 2.15. The fraction of sp³-hybridized carbons (Fsp3) is 0.647. The van der Waals surface area contributed by atoms with Crippen molar-refractivity contribution in [3.8, 4) is 5.75 Å². The molecule has 0 saturated carbocycles. The second kappa shape index (κ2) is 8.15. The maximum atomic E-state index is 11.7. The van der Waals surface area contributed by atoms with Crippen LogP contribution in [0.15, 0.2) is 12.1 Å². The Kier molecular flexibility index (Phi) is 6.81. The van der Waals surface area contributed by atoms with Crippen molar-refractivity contribution in [2.75, 3.05) is 6.54 Å². The van der Waals surface area contributed by atoms with Crippen LogP contribution in [0.5, 0.6) is 5.75 Å². The van der Waals surface area contributed by atoms with E-state index < -0.39 is 11.7 Å². The van der Waals surface area contributed by atoms with E-state index in [1.807, 2.05) is 27.7 Å². The Balaban J connectivity index is 2.56. The van der Waals surface area contributed by atoms with Gasteiger partial charge < -0.3 is 20.5 Å². The number of aryl methyl sites for hydroxylation is 1. The van der Waals surface area contributed by atoms with Crippen LogP contribution in [0.25, 0.3) is 0 Å². The van der Waals surface area contributed by atoms with Crippen molar-refractivity contribution in [1.29, 1.82) is 0 Å². The van der Waals surface area contributed by atoms with Crippen molar-refractivity contribution >= 4 is 6.09 Å². The van der Waals surface area contributed by atoms with Gasteiger partial charge >= 0.3 is 6.09 Å². The van der Waals surface area contributed by atoms with Gasteiger partial charge in [-0.15, -0.1) is 0 Å². The number of carbonyl (C=O) groups is 1. The quantitative estimate of drug-likeness (QED) is 0.750.